The third-order valence-corrected chi connectivity index (χ3v) is 0.607. The van der Waals surface area contributed by atoms with Crippen LogP contribution in [0.3, 0.4) is 0 Å². The first-order valence-electron chi connectivity index (χ1n) is 2.48. The molecule has 1 rings (SSSR count). The minimum atomic E-state index is -3.12. The molecule has 1 aromatic heterocycles. The summed E-state index contributed by atoms with van der Waals surface area (Å²) in [4.78, 5) is 18.5. The standard InChI is InChI=1S/C5H5N.Na.HO3P.H2O/c1-2-4-6-5-3-1;;1-4(2)3;/h1-5H;;(H,1,2,3);1H2/q;+1;;. The zero-order valence-electron chi connectivity index (χ0n) is 6.54. The smallest absolute Gasteiger partial charge is 0.870 e. The van der Waals surface area contributed by atoms with Gasteiger partial charge < -0.3 is 10.4 Å². The van der Waals surface area contributed by atoms with Crippen molar-refractivity contribution in [1.29, 1.82) is 0 Å². The van der Waals surface area contributed by atoms with Gasteiger partial charge in [-0.25, -0.2) is 4.98 Å². The van der Waals surface area contributed by atoms with Gasteiger partial charge in [-0.3, -0.25) is 0 Å². The van der Waals surface area contributed by atoms with E-state index in [9.17, 15) is 0 Å². The quantitative estimate of drug-likeness (QED) is 0.344. The molecule has 0 saturated carbocycles. The number of pyridine rings is 1. The van der Waals surface area contributed by atoms with E-state index in [0.29, 0.717) is 0 Å². The van der Waals surface area contributed by atoms with Crippen LogP contribution >= 0.6 is 8.25 Å². The molecule has 1 aromatic rings. The molecule has 62 valence electrons. The Hall–Kier alpha value is 0.130. The van der Waals surface area contributed by atoms with Gasteiger partial charge in [0.05, 0.1) is 0 Å². The van der Waals surface area contributed by atoms with Crippen LogP contribution in [0.1, 0.15) is 0 Å². The number of rotatable bonds is 0. The Morgan fingerprint density at radius 2 is 1.58 bits per heavy atom. The molecule has 0 bridgehead atoms. The summed E-state index contributed by atoms with van der Waals surface area (Å²) in [7, 11) is -3.12. The van der Waals surface area contributed by atoms with Crippen molar-refractivity contribution in [2.75, 3.05) is 0 Å². The van der Waals surface area contributed by atoms with E-state index in [-0.39, 0.29) is 35.0 Å². The molecule has 0 fully saturated rings. The Morgan fingerprint density at radius 3 is 1.67 bits per heavy atom. The van der Waals surface area contributed by atoms with Crippen molar-refractivity contribution < 1.29 is 54.4 Å². The van der Waals surface area contributed by atoms with Crippen molar-refractivity contribution in [1.82, 2.24) is 0 Å². The van der Waals surface area contributed by atoms with Crippen LogP contribution in [-0.4, -0.2) is 10.4 Å². The maximum atomic E-state index is 8.59. The third-order valence-electron chi connectivity index (χ3n) is 0.607. The maximum absolute atomic E-state index is 8.59. The summed E-state index contributed by atoms with van der Waals surface area (Å²) >= 11 is 0. The van der Waals surface area contributed by atoms with E-state index in [4.69, 9.17) is 14.4 Å². The average molecular weight is 200 g/mol. The van der Waals surface area contributed by atoms with E-state index in [1.807, 2.05) is 30.6 Å². The van der Waals surface area contributed by atoms with E-state index < -0.39 is 8.25 Å². The first-order valence-corrected chi connectivity index (χ1v) is 3.61. The van der Waals surface area contributed by atoms with E-state index >= 15 is 0 Å². The minimum Gasteiger partial charge on any atom is -0.870 e. The largest absolute Gasteiger partial charge is 1.00 e. The summed E-state index contributed by atoms with van der Waals surface area (Å²) in [6.07, 6.45) is 3.75. The summed E-state index contributed by atoms with van der Waals surface area (Å²) in [5.41, 5.74) is 0. The molecule has 1 unspecified atom stereocenters. The van der Waals surface area contributed by atoms with Gasteiger partial charge in [0, 0.05) is 12.1 Å². The Morgan fingerprint density at radius 1 is 1.25 bits per heavy atom. The number of aromatic amines is 1. The van der Waals surface area contributed by atoms with E-state index in [1.165, 1.54) is 0 Å². The second kappa shape index (κ2) is 13.7. The summed E-state index contributed by atoms with van der Waals surface area (Å²) < 4.78 is 8.59. The predicted octanol–water partition coefficient (Wildman–Crippen LogP) is -3.68. The molecule has 0 aliphatic heterocycles. The van der Waals surface area contributed by atoms with Gasteiger partial charge in [-0.2, -0.15) is 4.89 Å². The number of aromatic nitrogens is 1. The molecular weight excluding hydrogens is 192 g/mol. The molecule has 3 N–H and O–H groups in total. The molecule has 0 saturated heterocycles. The molecule has 7 heteroatoms. The monoisotopic (exact) mass is 200 g/mol. The summed E-state index contributed by atoms with van der Waals surface area (Å²) in [6.45, 7) is 0. The molecule has 0 aromatic carbocycles. The molecule has 0 radical (unpaired) electrons. The zero-order chi connectivity index (χ0) is 7.82. The molecule has 5 nitrogen and oxygen atoms in total. The Bertz CT molecular complexity index is 155. The second-order valence-corrected chi connectivity index (χ2v) is 1.79. The van der Waals surface area contributed by atoms with Crippen LogP contribution in [0.2, 0.25) is 0 Å². The molecule has 1 atom stereocenters. The van der Waals surface area contributed by atoms with Gasteiger partial charge in [-0.15, -0.1) is 0 Å². The van der Waals surface area contributed by atoms with Crippen molar-refractivity contribution in [3.8, 4) is 0 Å². The normalized spacial score (nSPS) is 7.67. The Labute approximate surface area is 93.0 Å². The van der Waals surface area contributed by atoms with E-state index in [2.05, 4.69) is 4.98 Å². The van der Waals surface area contributed by atoms with E-state index in [1.54, 1.807) is 0 Å². The first-order chi connectivity index (χ1) is 4.73. The fourth-order valence-corrected chi connectivity index (χ4v) is 0.342. The summed E-state index contributed by atoms with van der Waals surface area (Å²) in [5, 5.41) is 0. The molecule has 0 spiro atoms. The van der Waals surface area contributed by atoms with Crippen molar-refractivity contribution in [2.45, 2.75) is 0 Å². The van der Waals surface area contributed by atoms with Gasteiger partial charge in [0.25, 0.3) is 0 Å². The molecular formula is C5H8NNaO4P+. The van der Waals surface area contributed by atoms with Gasteiger partial charge in [-0.05, 0) is 4.57 Å². The van der Waals surface area contributed by atoms with Crippen molar-refractivity contribution in [3.05, 3.63) is 30.6 Å². The molecule has 1 heterocycles. The van der Waals surface area contributed by atoms with Crippen molar-refractivity contribution >= 4 is 8.25 Å². The third kappa shape index (κ3) is 22.5. The molecule has 0 aliphatic carbocycles. The van der Waals surface area contributed by atoms with Crippen LogP contribution in [0, 0.1) is 0 Å². The fraction of sp³-hybridized carbons (Fsp3) is 0. The number of hydrogen-bond acceptors (Lipinski definition) is 3. The van der Waals surface area contributed by atoms with Crippen LogP contribution in [-0.2, 0) is 4.57 Å². The first kappa shape index (κ1) is 18.0. The predicted molar refractivity (Wildman–Crippen MR) is 34.8 cm³/mol. The summed E-state index contributed by atoms with van der Waals surface area (Å²) in [5.74, 6) is 0. The van der Waals surface area contributed by atoms with Gasteiger partial charge in [0.1, 0.15) is 0 Å². The molecule has 12 heavy (non-hydrogen) atoms. The van der Waals surface area contributed by atoms with Crippen molar-refractivity contribution in [2.24, 2.45) is 0 Å². The topological polar surface area (TPSA) is 104 Å². The van der Waals surface area contributed by atoms with Crippen LogP contribution < -0.4 is 39.4 Å². The van der Waals surface area contributed by atoms with Gasteiger partial charge in [0.2, 0.25) is 0 Å². The van der Waals surface area contributed by atoms with Crippen LogP contribution in [0.15, 0.2) is 30.6 Å². The van der Waals surface area contributed by atoms with Gasteiger partial charge in [0.15, 0.2) is 12.4 Å². The Kier molecular flexibility index (Phi) is 20.6. The van der Waals surface area contributed by atoms with Crippen LogP contribution in [0.4, 0.5) is 0 Å². The fourth-order valence-electron chi connectivity index (χ4n) is 0.342. The minimum absolute atomic E-state index is 0. The van der Waals surface area contributed by atoms with Crippen LogP contribution in [0.5, 0.6) is 0 Å². The molecule has 0 amide bonds. The number of hydrogen-bond donors (Lipinski definition) is 1. The number of nitrogens with one attached hydrogen (secondary N) is 1. The second-order valence-electron chi connectivity index (χ2n) is 1.32. The average Bonchev–Trinajstić information content (AvgIpc) is 1.90. The van der Waals surface area contributed by atoms with E-state index in [0.717, 1.165) is 0 Å². The number of H-pyrrole nitrogens is 1. The van der Waals surface area contributed by atoms with Crippen molar-refractivity contribution in [3.63, 3.8) is 0 Å². The molecule has 0 aliphatic rings. The Balaban J connectivity index is -0.000000124. The van der Waals surface area contributed by atoms with Gasteiger partial charge >= 0.3 is 37.8 Å². The maximum Gasteiger partial charge on any atom is 1.00 e. The van der Waals surface area contributed by atoms with Crippen LogP contribution in [0.25, 0.3) is 0 Å². The van der Waals surface area contributed by atoms with Gasteiger partial charge in [-0.1, -0.05) is 6.07 Å². The summed E-state index contributed by atoms with van der Waals surface area (Å²) in [6, 6.07) is 5.86. The SMILES string of the molecule is O=[P+]([O-])O.[Na+].[OH-].c1cc[nH+]cc1. The zero-order valence-corrected chi connectivity index (χ0v) is 9.44.